The third-order valence-electron chi connectivity index (χ3n) is 3.36. The van der Waals surface area contributed by atoms with Crippen LogP contribution >= 0.6 is 0 Å². The van der Waals surface area contributed by atoms with Gasteiger partial charge in [0.2, 0.25) is 11.8 Å². The maximum Gasteiger partial charge on any atom is 0.228 e. The number of terminal acetylenes is 1. The molecule has 0 aromatic rings. The molecule has 0 radical (unpaired) electrons. The molecule has 1 rings (SSSR count). The van der Waals surface area contributed by atoms with Crippen LogP contribution in [0.4, 0.5) is 0 Å². The average Bonchev–Trinajstić information content (AvgIpc) is 2.45. The molecule has 5 nitrogen and oxygen atoms in total. The van der Waals surface area contributed by atoms with Crippen LogP contribution in [0.3, 0.4) is 0 Å². The lowest BCUT2D eigenvalue weighted by atomic mass is 9.96. The largest absolute Gasteiger partial charge is 0.383 e. The van der Waals surface area contributed by atoms with Crippen molar-refractivity contribution in [2.24, 2.45) is 5.92 Å². The first-order chi connectivity index (χ1) is 9.63. The lowest BCUT2D eigenvalue weighted by molar-refractivity contribution is -0.142. The van der Waals surface area contributed by atoms with Gasteiger partial charge in [-0.3, -0.25) is 9.59 Å². The van der Waals surface area contributed by atoms with Gasteiger partial charge in [-0.1, -0.05) is 12.0 Å². The van der Waals surface area contributed by atoms with Gasteiger partial charge in [-0.05, 0) is 6.42 Å². The second-order valence-corrected chi connectivity index (χ2v) is 4.78. The molecule has 1 atom stereocenters. The van der Waals surface area contributed by atoms with Gasteiger partial charge < -0.3 is 14.5 Å². The number of piperidine rings is 1. The third kappa shape index (κ3) is 4.39. The van der Waals surface area contributed by atoms with E-state index in [1.54, 1.807) is 23.0 Å². The highest BCUT2D eigenvalue weighted by Gasteiger charge is 2.32. The summed E-state index contributed by atoms with van der Waals surface area (Å²) in [7, 11) is 1.59. The molecule has 5 heteroatoms. The predicted octanol–water partition coefficient (Wildman–Crippen LogP) is 0.519. The summed E-state index contributed by atoms with van der Waals surface area (Å²) >= 11 is 0. The van der Waals surface area contributed by atoms with E-state index in [9.17, 15) is 9.59 Å². The van der Waals surface area contributed by atoms with Crippen molar-refractivity contribution in [2.75, 3.05) is 39.9 Å². The molecule has 20 heavy (non-hydrogen) atoms. The van der Waals surface area contributed by atoms with Crippen molar-refractivity contribution in [1.82, 2.24) is 9.80 Å². The van der Waals surface area contributed by atoms with Crippen LogP contribution in [0.25, 0.3) is 0 Å². The maximum atomic E-state index is 12.4. The minimum absolute atomic E-state index is 0.00207. The van der Waals surface area contributed by atoms with Gasteiger partial charge in [-0.2, -0.15) is 0 Å². The van der Waals surface area contributed by atoms with E-state index in [-0.39, 0.29) is 24.3 Å². The number of rotatable bonds is 7. The minimum atomic E-state index is -0.183. The number of hydrogen-bond donors (Lipinski definition) is 0. The number of carbonyl (C=O) groups is 2. The Morgan fingerprint density at radius 2 is 2.45 bits per heavy atom. The highest BCUT2D eigenvalue weighted by molar-refractivity contribution is 5.84. The lowest BCUT2D eigenvalue weighted by Crippen LogP contribution is -2.48. The molecule has 0 bridgehead atoms. The van der Waals surface area contributed by atoms with E-state index in [1.165, 1.54) is 0 Å². The minimum Gasteiger partial charge on any atom is -0.383 e. The molecule has 0 aliphatic carbocycles. The first-order valence-corrected chi connectivity index (χ1v) is 6.73. The van der Waals surface area contributed by atoms with Gasteiger partial charge in [-0.15, -0.1) is 13.0 Å². The Bertz CT molecular complexity index is 400. The van der Waals surface area contributed by atoms with Crippen LogP contribution in [0.5, 0.6) is 0 Å². The summed E-state index contributed by atoms with van der Waals surface area (Å²) < 4.78 is 4.98. The van der Waals surface area contributed by atoms with E-state index in [0.29, 0.717) is 39.1 Å². The van der Waals surface area contributed by atoms with Crippen molar-refractivity contribution in [3.05, 3.63) is 12.7 Å². The fraction of sp³-hybridized carbons (Fsp3) is 0.600. The molecule has 0 N–H and O–H groups in total. The molecule has 1 aliphatic heterocycles. The number of hydrogen-bond acceptors (Lipinski definition) is 3. The number of nitrogens with zero attached hydrogens (tertiary/aromatic N) is 2. The monoisotopic (exact) mass is 278 g/mol. The van der Waals surface area contributed by atoms with Crippen LogP contribution in [0.15, 0.2) is 12.7 Å². The average molecular weight is 278 g/mol. The van der Waals surface area contributed by atoms with E-state index < -0.39 is 0 Å². The third-order valence-corrected chi connectivity index (χ3v) is 3.36. The Morgan fingerprint density at radius 1 is 1.70 bits per heavy atom. The van der Waals surface area contributed by atoms with E-state index in [4.69, 9.17) is 11.2 Å². The summed E-state index contributed by atoms with van der Waals surface area (Å²) in [4.78, 5) is 27.5. The summed E-state index contributed by atoms with van der Waals surface area (Å²) in [5.74, 6) is 2.38. The van der Waals surface area contributed by atoms with E-state index in [0.717, 1.165) is 0 Å². The predicted molar refractivity (Wildman–Crippen MR) is 76.8 cm³/mol. The molecule has 1 aliphatic rings. The molecular weight excluding hydrogens is 256 g/mol. The van der Waals surface area contributed by atoms with Crippen molar-refractivity contribution < 1.29 is 14.3 Å². The van der Waals surface area contributed by atoms with Crippen LogP contribution in [-0.2, 0) is 14.3 Å². The summed E-state index contributed by atoms with van der Waals surface area (Å²) in [5, 5.41) is 0. The molecule has 0 aromatic carbocycles. The quantitative estimate of drug-likeness (QED) is 0.504. The summed E-state index contributed by atoms with van der Waals surface area (Å²) in [5.41, 5.74) is 0. The van der Waals surface area contributed by atoms with E-state index in [1.807, 2.05) is 0 Å². The lowest BCUT2D eigenvalue weighted by Gasteiger charge is -2.34. The molecule has 1 saturated heterocycles. The van der Waals surface area contributed by atoms with Crippen molar-refractivity contribution in [3.8, 4) is 12.3 Å². The van der Waals surface area contributed by atoms with E-state index >= 15 is 0 Å². The number of methoxy groups -OCH3 is 1. The van der Waals surface area contributed by atoms with Gasteiger partial charge in [-0.25, -0.2) is 0 Å². The fourth-order valence-electron chi connectivity index (χ4n) is 2.29. The standard InChI is InChI=1S/C15H22N2O3/c1-4-8-16(9-5-2)15(19)13-6-7-14(18)17(12-13)10-11-20-3/h1,5,13H,2,6-12H2,3H3. The SMILES string of the molecule is C#CCN(CC=C)C(=O)C1CCC(=O)N(CCOC)C1. The van der Waals surface area contributed by atoms with Crippen molar-refractivity contribution in [1.29, 1.82) is 0 Å². The van der Waals surface area contributed by atoms with Crippen LogP contribution in [0.1, 0.15) is 12.8 Å². The van der Waals surface area contributed by atoms with Crippen LogP contribution in [0.2, 0.25) is 0 Å². The molecule has 0 aromatic heterocycles. The molecule has 0 spiro atoms. The first kappa shape index (κ1) is 16.3. The Balaban J connectivity index is 2.65. The van der Waals surface area contributed by atoms with Gasteiger partial charge in [0.25, 0.3) is 0 Å². The zero-order valence-electron chi connectivity index (χ0n) is 12.0. The van der Waals surface area contributed by atoms with Gasteiger partial charge >= 0.3 is 0 Å². The second kappa shape index (κ2) is 8.39. The molecule has 1 heterocycles. The van der Waals surface area contributed by atoms with Crippen molar-refractivity contribution >= 4 is 11.8 Å². The first-order valence-electron chi connectivity index (χ1n) is 6.73. The Morgan fingerprint density at radius 3 is 3.05 bits per heavy atom. The van der Waals surface area contributed by atoms with Crippen molar-refractivity contribution in [3.63, 3.8) is 0 Å². The topological polar surface area (TPSA) is 49.9 Å². The van der Waals surface area contributed by atoms with Crippen LogP contribution in [-0.4, -0.2) is 61.5 Å². The van der Waals surface area contributed by atoms with Gasteiger partial charge in [0.1, 0.15) is 0 Å². The number of likely N-dealkylation sites (tertiary alicyclic amines) is 1. The Hall–Kier alpha value is -1.80. The summed E-state index contributed by atoms with van der Waals surface area (Å²) in [6.45, 7) is 5.79. The zero-order chi connectivity index (χ0) is 15.0. The smallest absolute Gasteiger partial charge is 0.228 e. The second-order valence-electron chi connectivity index (χ2n) is 4.78. The maximum absolute atomic E-state index is 12.4. The van der Waals surface area contributed by atoms with Crippen LogP contribution < -0.4 is 0 Å². The van der Waals surface area contributed by atoms with Crippen LogP contribution in [0, 0.1) is 18.3 Å². The van der Waals surface area contributed by atoms with Gasteiger partial charge in [0.15, 0.2) is 0 Å². The molecule has 0 saturated carbocycles. The van der Waals surface area contributed by atoms with Gasteiger partial charge in [0, 0.05) is 33.2 Å². The van der Waals surface area contributed by atoms with E-state index in [2.05, 4.69) is 12.5 Å². The summed E-state index contributed by atoms with van der Waals surface area (Å²) in [6.07, 6.45) is 7.93. The van der Waals surface area contributed by atoms with Gasteiger partial charge in [0.05, 0.1) is 19.1 Å². The number of carbonyl (C=O) groups excluding carboxylic acids is 2. The zero-order valence-corrected chi connectivity index (χ0v) is 12.0. The van der Waals surface area contributed by atoms with Crippen molar-refractivity contribution in [2.45, 2.75) is 12.8 Å². The molecule has 1 unspecified atom stereocenters. The number of ether oxygens (including phenoxy) is 1. The fourth-order valence-corrected chi connectivity index (χ4v) is 2.29. The highest BCUT2D eigenvalue weighted by Crippen LogP contribution is 2.19. The highest BCUT2D eigenvalue weighted by atomic mass is 16.5. The Labute approximate surface area is 120 Å². The normalized spacial score (nSPS) is 18.5. The summed E-state index contributed by atoms with van der Waals surface area (Å²) in [6, 6.07) is 0. The molecule has 1 fully saturated rings. The molecular formula is C15H22N2O3. The number of amides is 2. The Kier molecular flexibility index (Phi) is 6.82. The molecule has 110 valence electrons. The molecule has 2 amide bonds.